The molecule has 0 heterocycles. The SMILES string of the molecule is CCOC(CN(C)C1CCC(C)CC1)C(=O)O. The average molecular weight is 243 g/mol. The largest absolute Gasteiger partial charge is 0.479 e. The van der Waals surface area contributed by atoms with E-state index in [0.29, 0.717) is 19.2 Å². The van der Waals surface area contributed by atoms with E-state index in [1.54, 1.807) is 0 Å². The molecule has 1 fully saturated rings. The van der Waals surface area contributed by atoms with Crippen LogP contribution in [0, 0.1) is 5.92 Å². The highest BCUT2D eigenvalue weighted by Gasteiger charge is 2.26. The monoisotopic (exact) mass is 243 g/mol. The van der Waals surface area contributed by atoms with Gasteiger partial charge in [0.2, 0.25) is 0 Å². The van der Waals surface area contributed by atoms with Crippen molar-refractivity contribution in [1.82, 2.24) is 4.90 Å². The molecular weight excluding hydrogens is 218 g/mol. The van der Waals surface area contributed by atoms with Crippen molar-refractivity contribution in [3.63, 3.8) is 0 Å². The summed E-state index contributed by atoms with van der Waals surface area (Å²) >= 11 is 0. The lowest BCUT2D eigenvalue weighted by Gasteiger charge is -2.34. The predicted octanol–water partition coefficient (Wildman–Crippen LogP) is 1.99. The Bertz CT molecular complexity index is 237. The van der Waals surface area contributed by atoms with Gasteiger partial charge in [-0.15, -0.1) is 0 Å². The molecule has 0 saturated heterocycles. The number of ether oxygens (including phenoxy) is 1. The van der Waals surface area contributed by atoms with E-state index in [1.807, 2.05) is 14.0 Å². The first-order valence-electron chi connectivity index (χ1n) is 6.59. The maximum absolute atomic E-state index is 11.0. The molecule has 1 aliphatic rings. The summed E-state index contributed by atoms with van der Waals surface area (Å²) in [5.74, 6) is -0.0373. The number of carboxylic acids is 1. The van der Waals surface area contributed by atoms with Gasteiger partial charge in [-0.2, -0.15) is 0 Å². The van der Waals surface area contributed by atoms with Crippen LogP contribution in [0.3, 0.4) is 0 Å². The molecule has 0 aromatic carbocycles. The van der Waals surface area contributed by atoms with Gasteiger partial charge in [-0.05, 0) is 45.6 Å². The van der Waals surface area contributed by atoms with Crippen LogP contribution in [-0.4, -0.2) is 48.3 Å². The highest BCUT2D eigenvalue weighted by Crippen LogP contribution is 2.26. The van der Waals surface area contributed by atoms with Crippen molar-refractivity contribution in [2.45, 2.75) is 51.7 Å². The minimum Gasteiger partial charge on any atom is -0.479 e. The number of nitrogens with zero attached hydrogens (tertiary/aromatic N) is 1. The molecule has 0 aromatic heterocycles. The first-order chi connectivity index (χ1) is 8.04. The Hall–Kier alpha value is -0.610. The van der Waals surface area contributed by atoms with Gasteiger partial charge in [0.15, 0.2) is 6.10 Å². The van der Waals surface area contributed by atoms with Gasteiger partial charge in [-0.3, -0.25) is 0 Å². The molecule has 1 atom stereocenters. The van der Waals surface area contributed by atoms with Crippen molar-refractivity contribution < 1.29 is 14.6 Å². The highest BCUT2D eigenvalue weighted by molar-refractivity contribution is 5.72. The number of carboxylic acid groups (broad SMARTS) is 1. The van der Waals surface area contributed by atoms with Gasteiger partial charge in [-0.1, -0.05) is 6.92 Å². The average Bonchev–Trinajstić information content (AvgIpc) is 2.29. The summed E-state index contributed by atoms with van der Waals surface area (Å²) in [5, 5.41) is 9.04. The molecule has 1 aliphatic carbocycles. The summed E-state index contributed by atoms with van der Waals surface area (Å²) in [6.07, 6.45) is 4.17. The number of rotatable bonds is 6. The molecule has 1 unspecified atom stereocenters. The summed E-state index contributed by atoms with van der Waals surface area (Å²) in [6, 6.07) is 0.522. The Morgan fingerprint density at radius 1 is 1.41 bits per heavy atom. The van der Waals surface area contributed by atoms with Crippen LogP contribution in [0.4, 0.5) is 0 Å². The van der Waals surface area contributed by atoms with Crippen LogP contribution in [0.1, 0.15) is 39.5 Å². The van der Waals surface area contributed by atoms with Gasteiger partial charge in [-0.25, -0.2) is 4.79 Å². The number of aliphatic carboxylic acids is 1. The molecule has 4 heteroatoms. The van der Waals surface area contributed by atoms with Crippen molar-refractivity contribution in [2.75, 3.05) is 20.2 Å². The third kappa shape index (κ3) is 4.64. The zero-order valence-electron chi connectivity index (χ0n) is 11.2. The van der Waals surface area contributed by atoms with E-state index in [4.69, 9.17) is 9.84 Å². The molecule has 4 nitrogen and oxygen atoms in total. The number of hydrogen-bond donors (Lipinski definition) is 1. The molecule has 0 amide bonds. The number of carbonyl (C=O) groups is 1. The molecule has 1 rings (SSSR count). The fourth-order valence-electron chi connectivity index (χ4n) is 2.50. The van der Waals surface area contributed by atoms with E-state index >= 15 is 0 Å². The van der Waals surface area contributed by atoms with Gasteiger partial charge in [0.25, 0.3) is 0 Å². The predicted molar refractivity (Wildman–Crippen MR) is 67.1 cm³/mol. The number of hydrogen-bond acceptors (Lipinski definition) is 3. The Balaban J connectivity index is 2.40. The number of likely N-dealkylation sites (N-methyl/N-ethyl adjacent to an activating group) is 1. The van der Waals surface area contributed by atoms with E-state index in [1.165, 1.54) is 25.7 Å². The molecule has 1 saturated carbocycles. The zero-order chi connectivity index (χ0) is 12.8. The van der Waals surface area contributed by atoms with Crippen molar-refractivity contribution in [3.8, 4) is 0 Å². The standard InChI is InChI=1S/C13H25NO3/c1-4-17-12(13(15)16)9-14(3)11-7-5-10(2)6-8-11/h10-12H,4-9H2,1-3H3,(H,15,16). The van der Waals surface area contributed by atoms with Crippen LogP contribution >= 0.6 is 0 Å². The van der Waals surface area contributed by atoms with E-state index in [0.717, 1.165) is 5.92 Å². The molecule has 0 spiro atoms. The highest BCUT2D eigenvalue weighted by atomic mass is 16.5. The molecule has 0 aromatic rings. The summed E-state index contributed by atoms with van der Waals surface area (Å²) in [4.78, 5) is 13.2. The van der Waals surface area contributed by atoms with Gasteiger partial charge in [0, 0.05) is 19.2 Å². The maximum atomic E-state index is 11.0. The van der Waals surface area contributed by atoms with Crippen LogP contribution < -0.4 is 0 Å². The zero-order valence-corrected chi connectivity index (χ0v) is 11.2. The molecule has 1 N–H and O–H groups in total. The molecule has 0 radical (unpaired) electrons. The van der Waals surface area contributed by atoms with Crippen molar-refractivity contribution in [3.05, 3.63) is 0 Å². The van der Waals surface area contributed by atoms with E-state index < -0.39 is 12.1 Å². The van der Waals surface area contributed by atoms with Gasteiger partial charge < -0.3 is 14.7 Å². The maximum Gasteiger partial charge on any atom is 0.334 e. The summed E-state index contributed by atoms with van der Waals surface area (Å²) in [7, 11) is 2.01. The minimum atomic E-state index is -0.858. The molecule has 0 aliphatic heterocycles. The Kier molecular flexibility index (Phi) is 5.92. The third-order valence-electron chi connectivity index (χ3n) is 3.71. The minimum absolute atomic E-state index is 0.451. The Morgan fingerprint density at radius 3 is 2.47 bits per heavy atom. The lowest BCUT2D eigenvalue weighted by molar-refractivity contribution is -0.151. The molecule has 17 heavy (non-hydrogen) atoms. The smallest absolute Gasteiger partial charge is 0.334 e. The second-order valence-electron chi connectivity index (χ2n) is 5.14. The molecule has 0 bridgehead atoms. The van der Waals surface area contributed by atoms with E-state index in [-0.39, 0.29) is 0 Å². The van der Waals surface area contributed by atoms with Crippen LogP contribution in [0.5, 0.6) is 0 Å². The van der Waals surface area contributed by atoms with Gasteiger partial charge in [0.1, 0.15) is 0 Å². The summed E-state index contributed by atoms with van der Waals surface area (Å²) in [6.45, 7) is 5.06. The summed E-state index contributed by atoms with van der Waals surface area (Å²) in [5.41, 5.74) is 0. The quantitative estimate of drug-likeness (QED) is 0.775. The van der Waals surface area contributed by atoms with E-state index in [9.17, 15) is 4.79 Å². The fraction of sp³-hybridized carbons (Fsp3) is 0.923. The summed E-state index contributed by atoms with van der Waals surface area (Å²) < 4.78 is 5.24. The Labute approximate surface area is 104 Å². The second-order valence-corrected chi connectivity index (χ2v) is 5.14. The normalized spacial score (nSPS) is 27.1. The first kappa shape index (κ1) is 14.5. The van der Waals surface area contributed by atoms with Crippen molar-refractivity contribution in [2.24, 2.45) is 5.92 Å². The van der Waals surface area contributed by atoms with Gasteiger partial charge >= 0.3 is 5.97 Å². The van der Waals surface area contributed by atoms with Crippen LogP contribution in [0.15, 0.2) is 0 Å². The first-order valence-corrected chi connectivity index (χ1v) is 6.59. The lowest BCUT2D eigenvalue weighted by atomic mass is 9.86. The van der Waals surface area contributed by atoms with Crippen LogP contribution in [0.2, 0.25) is 0 Å². The topological polar surface area (TPSA) is 49.8 Å². The lowest BCUT2D eigenvalue weighted by Crippen LogP contribution is -2.43. The van der Waals surface area contributed by atoms with Crippen LogP contribution in [0.25, 0.3) is 0 Å². The van der Waals surface area contributed by atoms with Crippen molar-refractivity contribution in [1.29, 1.82) is 0 Å². The van der Waals surface area contributed by atoms with Crippen LogP contribution in [-0.2, 0) is 9.53 Å². The third-order valence-corrected chi connectivity index (χ3v) is 3.71. The van der Waals surface area contributed by atoms with Gasteiger partial charge in [0.05, 0.1) is 0 Å². The molecular formula is C13H25NO3. The van der Waals surface area contributed by atoms with Crippen molar-refractivity contribution >= 4 is 5.97 Å². The molecule has 100 valence electrons. The fourth-order valence-corrected chi connectivity index (χ4v) is 2.50. The Morgan fingerprint density at radius 2 is 2.00 bits per heavy atom. The van der Waals surface area contributed by atoms with E-state index in [2.05, 4.69) is 11.8 Å². The second kappa shape index (κ2) is 6.97.